The van der Waals surface area contributed by atoms with E-state index in [4.69, 9.17) is 4.74 Å². The lowest BCUT2D eigenvalue weighted by atomic mass is 9.83. The Balaban J connectivity index is 2.77. The van der Waals surface area contributed by atoms with E-state index < -0.39 is 0 Å². The minimum absolute atomic E-state index is 0.0661. The summed E-state index contributed by atoms with van der Waals surface area (Å²) in [6.45, 7) is 5.94. The molecular weight excluding hydrogens is 152 g/mol. The largest absolute Gasteiger partial charge is 0.469 e. The van der Waals surface area contributed by atoms with Crippen molar-refractivity contribution in [3.63, 3.8) is 0 Å². The molecule has 0 aliphatic heterocycles. The second-order valence-corrected chi connectivity index (χ2v) is 3.55. The molecule has 1 fully saturated rings. The zero-order valence-corrected chi connectivity index (χ0v) is 7.85. The van der Waals surface area contributed by atoms with Gasteiger partial charge in [0, 0.05) is 0 Å². The molecule has 1 atom stereocenters. The molecule has 1 saturated carbocycles. The highest BCUT2D eigenvalue weighted by molar-refractivity contribution is 5.77. The standard InChI is InChI=1S/C10H16O2/c1-4-10(9(11)12-3)6-5-8(2)7-10/h2,4-7H2,1,3H3. The van der Waals surface area contributed by atoms with Gasteiger partial charge in [0.05, 0.1) is 12.5 Å². The first-order valence-corrected chi connectivity index (χ1v) is 4.39. The quantitative estimate of drug-likeness (QED) is 0.467. The van der Waals surface area contributed by atoms with Gasteiger partial charge in [-0.2, -0.15) is 0 Å². The molecule has 2 nitrogen and oxygen atoms in total. The predicted octanol–water partition coefficient (Wildman–Crippen LogP) is 2.30. The number of hydrogen-bond acceptors (Lipinski definition) is 2. The Labute approximate surface area is 73.6 Å². The molecule has 1 aliphatic carbocycles. The zero-order chi connectivity index (χ0) is 9.19. The summed E-state index contributed by atoms with van der Waals surface area (Å²) in [6, 6.07) is 0. The maximum Gasteiger partial charge on any atom is 0.312 e. The number of allylic oxidation sites excluding steroid dienone is 1. The molecule has 0 bridgehead atoms. The number of carbonyl (C=O) groups is 1. The van der Waals surface area contributed by atoms with Crippen LogP contribution in [0.5, 0.6) is 0 Å². The maximum atomic E-state index is 11.4. The molecular formula is C10H16O2. The van der Waals surface area contributed by atoms with Crippen molar-refractivity contribution >= 4 is 5.97 Å². The van der Waals surface area contributed by atoms with Gasteiger partial charge in [-0.25, -0.2) is 0 Å². The molecule has 0 aromatic heterocycles. The first kappa shape index (κ1) is 9.30. The Kier molecular flexibility index (Phi) is 2.55. The fourth-order valence-corrected chi connectivity index (χ4v) is 1.91. The minimum atomic E-state index is -0.244. The van der Waals surface area contributed by atoms with E-state index in [1.807, 2.05) is 6.92 Å². The predicted molar refractivity (Wildman–Crippen MR) is 47.7 cm³/mol. The van der Waals surface area contributed by atoms with E-state index in [-0.39, 0.29) is 11.4 Å². The van der Waals surface area contributed by atoms with Crippen LogP contribution in [0.25, 0.3) is 0 Å². The summed E-state index contributed by atoms with van der Waals surface area (Å²) in [6.07, 6.45) is 3.56. The summed E-state index contributed by atoms with van der Waals surface area (Å²) in [5.74, 6) is -0.0661. The molecule has 1 unspecified atom stereocenters. The van der Waals surface area contributed by atoms with Crippen LogP contribution >= 0.6 is 0 Å². The van der Waals surface area contributed by atoms with Crippen LogP contribution in [0.3, 0.4) is 0 Å². The van der Waals surface area contributed by atoms with Crippen molar-refractivity contribution in [3.05, 3.63) is 12.2 Å². The molecule has 1 aliphatic rings. The maximum absolute atomic E-state index is 11.4. The Morgan fingerprint density at radius 1 is 1.75 bits per heavy atom. The monoisotopic (exact) mass is 168 g/mol. The lowest BCUT2D eigenvalue weighted by molar-refractivity contribution is -0.152. The van der Waals surface area contributed by atoms with Gasteiger partial charge in [0.1, 0.15) is 0 Å². The van der Waals surface area contributed by atoms with E-state index in [1.54, 1.807) is 0 Å². The highest BCUT2D eigenvalue weighted by atomic mass is 16.5. The molecule has 0 spiro atoms. The molecule has 0 heterocycles. The third-order valence-corrected chi connectivity index (χ3v) is 2.84. The number of rotatable bonds is 2. The molecule has 0 radical (unpaired) electrons. The van der Waals surface area contributed by atoms with Gasteiger partial charge >= 0.3 is 5.97 Å². The molecule has 0 saturated heterocycles. The Bertz CT molecular complexity index is 208. The van der Waals surface area contributed by atoms with E-state index in [0.717, 1.165) is 25.7 Å². The summed E-state index contributed by atoms with van der Waals surface area (Å²) >= 11 is 0. The zero-order valence-electron chi connectivity index (χ0n) is 7.85. The Hall–Kier alpha value is -0.790. The van der Waals surface area contributed by atoms with Gasteiger partial charge in [-0.1, -0.05) is 19.1 Å². The fraction of sp³-hybridized carbons (Fsp3) is 0.700. The first-order chi connectivity index (χ1) is 5.64. The number of hydrogen-bond donors (Lipinski definition) is 0. The highest BCUT2D eigenvalue weighted by Crippen LogP contribution is 2.44. The van der Waals surface area contributed by atoms with Crippen molar-refractivity contribution in [2.45, 2.75) is 32.6 Å². The summed E-state index contributed by atoms with van der Waals surface area (Å²) in [5.41, 5.74) is 0.938. The Morgan fingerprint density at radius 2 is 2.42 bits per heavy atom. The average molecular weight is 168 g/mol. The average Bonchev–Trinajstić information content (AvgIpc) is 2.47. The van der Waals surface area contributed by atoms with Crippen LogP contribution in [0.4, 0.5) is 0 Å². The lowest BCUT2D eigenvalue weighted by Crippen LogP contribution is -2.28. The van der Waals surface area contributed by atoms with E-state index in [2.05, 4.69) is 6.58 Å². The number of esters is 1. The van der Waals surface area contributed by atoms with Gasteiger partial charge < -0.3 is 4.74 Å². The van der Waals surface area contributed by atoms with Gasteiger partial charge in [0.15, 0.2) is 0 Å². The van der Waals surface area contributed by atoms with Gasteiger partial charge in [0.2, 0.25) is 0 Å². The van der Waals surface area contributed by atoms with E-state index >= 15 is 0 Å². The molecule has 0 N–H and O–H groups in total. The van der Waals surface area contributed by atoms with Crippen molar-refractivity contribution in [1.29, 1.82) is 0 Å². The minimum Gasteiger partial charge on any atom is -0.469 e. The molecule has 1 rings (SSSR count). The third kappa shape index (κ3) is 1.38. The van der Waals surface area contributed by atoms with Crippen LogP contribution in [0.2, 0.25) is 0 Å². The van der Waals surface area contributed by atoms with E-state index in [1.165, 1.54) is 12.7 Å². The summed E-state index contributed by atoms with van der Waals surface area (Å²) in [4.78, 5) is 11.4. The molecule has 0 aromatic rings. The molecule has 12 heavy (non-hydrogen) atoms. The number of ether oxygens (including phenoxy) is 1. The molecule has 0 aromatic carbocycles. The van der Waals surface area contributed by atoms with E-state index in [9.17, 15) is 4.79 Å². The SMILES string of the molecule is C=C1CCC(CC)(C(=O)OC)C1. The van der Waals surface area contributed by atoms with Crippen molar-refractivity contribution < 1.29 is 9.53 Å². The van der Waals surface area contributed by atoms with Gasteiger partial charge in [-0.3, -0.25) is 4.79 Å². The summed E-state index contributed by atoms with van der Waals surface area (Å²) in [5, 5.41) is 0. The second-order valence-electron chi connectivity index (χ2n) is 3.55. The molecule has 2 heteroatoms. The fourth-order valence-electron chi connectivity index (χ4n) is 1.91. The van der Waals surface area contributed by atoms with Crippen molar-refractivity contribution in [2.24, 2.45) is 5.41 Å². The van der Waals surface area contributed by atoms with Crippen LogP contribution < -0.4 is 0 Å². The van der Waals surface area contributed by atoms with Crippen LogP contribution in [-0.2, 0) is 9.53 Å². The van der Waals surface area contributed by atoms with Crippen LogP contribution in [-0.4, -0.2) is 13.1 Å². The van der Waals surface area contributed by atoms with E-state index in [0.29, 0.717) is 0 Å². The van der Waals surface area contributed by atoms with Crippen LogP contribution in [0, 0.1) is 5.41 Å². The topological polar surface area (TPSA) is 26.3 Å². The summed E-state index contributed by atoms with van der Waals surface area (Å²) in [7, 11) is 1.46. The highest BCUT2D eigenvalue weighted by Gasteiger charge is 2.41. The van der Waals surface area contributed by atoms with Crippen molar-refractivity contribution in [2.75, 3.05) is 7.11 Å². The third-order valence-electron chi connectivity index (χ3n) is 2.84. The second kappa shape index (κ2) is 3.30. The van der Waals surface area contributed by atoms with Gasteiger partial charge in [0.25, 0.3) is 0 Å². The first-order valence-electron chi connectivity index (χ1n) is 4.39. The van der Waals surface area contributed by atoms with Crippen molar-refractivity contribution in [3.8, 4) is 0 Å². The van der Waals surface area contributed by atoms with Crippen LogP contribution in [0.1, 0.15) is 32.6 Å². The van der Waals surface area contributed by atoms with Crippen LogP contribution in [0.15, 0.2) is 12.2 Å². The molecule has 0 amide bonds. The summed E-state index contributed by atoms with van der Waals surface area (Å²) < 4.78 is 4.80. The normalized spacial score (nSPS) is 29.0. The molecule has 68 valence electrons. The van der Waals surface area contributed by atoms with Crippen molar-refractivity contribution in [1.82, 2.24) is 0 Å². The lowest BCUT2D eigenvalue weighted by Gasteiger charge is -2.23. The number of carbonyl (C=O) groups excluding carboxylic acids is 1. The Morgan fingerprint density at radius 3 is 2.75 bits per heavy atom. The van der Waals surface area contributed by atoms with Gasteiger partial charge in [-0.05, 0) is 25.7 Å². The number of methoxy groups -OCH3 is 1. The smallest absolute Gasteiger partial charge is 0.312 e. The van der Waals surface area contributed by atoms with Gasteiger partial charge in [-0.15, -0.1) is 0 Å².